The van der Waals surface area contributed by atoms with Crippen LogP contribution >= 0.6 is 0 Å². The van der Waals surface area contributed by atoms with E-state index in [0.29, 0.717) is 19.3 Å². The number of hydrogen-bond donors (Lipinski definition) is 2. The molecule has 0 aliphatic heterocycles. The second-order valence-electron chi connectivity index (χ2n) is 8.36. The second kappa shape index (κ2) is 12.3. The number of benzene rings is 1. The number of hydrogen-bond acceptors (Lipinski definition) is 7. The van der Waals surface area contributed by atoms with E-state index in [4.69, 9.17) is 4.18 Å². The number of unbranched alkanes of at least 4 members (excludes halogenated alkanes) is 1. The molecule has 1 aliphatic carbocycles. The van der Waals surface area contributed by atoms with Crippen molar-refractivity contribution >= 4 is 16.1 Å². The van der Waals surface area contributed by atoms with Gasteiger partial charge in [-0.15, -0.1) is 0 Å². The third-order valence-electron chi connectivity index (χ3n) is 5.67. The van der Waals surface area contributed by atoms with E-state index in [2.05, 4.69) is 4.74 Å². The van der Waals surface area contributed by atoms with E-state index in [0.717, 1.165) is 18.4 Å². The molecule has 0 heterocycles. The van der Waals surface area contributed by atoms with Crippen LogP contribution in [0.25, 0.3) is 0 Å². The molecule has 0 bridgehead atoms. The van der Waals surface area contributed by atoms with Gasteiger partial charge in [-0.2, -0.15) is 8.42 Å². The van der Waals surface area contributed by atoms with Crippen LogP contribution in [-0.4, -0.2) is 50.0 Å². The third-order valence-corrected chi connectivity index (χ3v) is 7.10. The molecule has 1 aromatic carbocycles. The number of esters is 1. The Morgan fingerprint density at radius 3 is 2.59 bits per heavy atom. The number of ether oxygens (including phenoxy) is 1. The van der Waals surface area contributed by atoms with Crippen LogP contribution in [0.2, 0.25) is 0 Å². The molecule has 0 saturated heterocycles. The number of methoxy groups -OCH3 is 1. The van der Waals surface area contributed by atoms with Gasteiger partial charge in [-0.3, -0.25) is 4.18 Å². The molecule has 0 amide bonds. The number of allylic oxidation sites excluding steroid dienone is 2. The van der Waals surface area contributed by atoms with E-state index in [1.807, 2.05) is 19.1 Å². The first-order valence-electron chi connectivity index (χ1n) is 10.9. The standard InChI is InChI=1S/C24H34O7S/c1-17-9-11-21(12-10-17)32(28,29)31-18(2)7-5-4-6-8-19-15-20(25)16-22(19)23(26)13-14-24(27)30-3/h6,8-14,18-20,22-23,25-26H,4-5,7,15-16H2,1-3H3/b8-6+,14-13+/t18-,19+,20-,22+,23+/m0/s1. The Hall–Kier alpha value is -2.00. The largest absolute Gasteiger partial charge is 0.466 e. The van der Waals surface area contributed by atoms with E-state index in [-0.39, 0.29) is 16.7 Å². The van der Waals surface area contributed by atoms with E-state index in [9.17, 15) is 23.4 Å². The van der Waals surface area contributed by atoms with Crippen LogP contribution < -0.4 is 0 Å². The maximum Gasteiger partial charge on any atom is 0.330 e. The van der Waals surface area contributed by atoms with Crippen molar-refractivity contribution in [1.82, 2.24) is 0 Å². The Kier molecular flexibility index (Phi) is 10.1. The van der Waals surface area contributed by atoms with E-state index in [1.54, 1.807) is 31.2 Å². The molecule has 1 fully saturated rings. The van der Waals surface area contributed by atoms with Gasteiger partial charge in [0.05, 0.1) is 30.3 Å². The number of carbonyl (C=O) groups excluding carboxylic acids is 1. The van der Waals surface area contributed by atoms with Gasteiger partial charge >= 0.3 is 5.97 Å². The summed E-state index contributed by atoms with van der Waals surface area (Å²) in [6.45, 7) is 3.63. The highest BCUT2D eigenvalue weighted by Crippen LogP contribution is 2.36. The molecule has 5 atom stereocenters. The molecule has 0 aromatic heterocycles. The molecule has 8 heteroatoms. The lowest BCUT2D eigenvalue weighted by Crippen LogP contribution is -2.21. The quantitative estimate of drug-likeness (QED) is 0.169. The topological polar surface area (TPSA) is 110 Å². The number of aliphatic hydroxyl groups is 2. The highest BCUT2D eigenvalue weighted by Gasteiger charge is 2.35. The molecule has 7 nitrogen and oxygen atoms in total. The van der Waals surface area contributed by atoms with Gasteiger partial charge in [-0.05, 0) is 76.0 Å². The first kappa shape index (κ1) is 26.3. The summed E-state index contributed by atoms with van der Waals surface area (Å²) < 4.78 is 34.5. The van der Waals surface area contributed by atoms with Gasteiger partial charge in [0.2, 0.25) is 0 Å². The zero-order valence-electron chi connectivity index (χ0n) is 18.9. The number of carbonyl (C=O) groups is 1. The van der Waals surface area contributed by atoms with Crippen LogP contribution in [0.1, 0.15) is 44.6 Å². The highest BCUT2D eigenvalue weighted by molar-refractivity contribution is 7.86. The Labute approximate surface area is 190 Å². The predicted molar refractivity (Wildman–Crippen MR) is 121 cm³/mol. The summed E-state index contributed by atoms with van der Waals surface area (Å²) in [5.41, 5.74) is 0.979. The van der Waals surface area contributed by atoms with Crippen molar-refractivity contribution < 1.29 is 32.3 Å². The molecule has 2 rings (SSSR count). The summed E-state index contributed by atoms with van der Waals surface area (Å²) in [6, 6.07) is 6.56. The highest BCUT2D eigenvalue weighted by atomic mass is 32.2. The van der Waals surface area contributed by atoms with Gasteiger partial charge in [0.25, 0.3) is 10.1 Å². The molecule has 2 N–H and O–H groups in total. The molecule has 1 saturated carbocycles. The summed E-state index contributed by atoms with van der Waals surface area (Å²) >= 11 is 0. The Balaban J connectivity index is 1.80. The fraction of sp³-hybridized carbons (Fsp3) is 0.542. The summed E-state index contributed by atoms with van der Waals surface area (Å²) in [4.78, 5) is 11.4. The van der Waals surface area contributed by atoms with Crippen molar-refractivity contribution in [3.05, 3.63) is 54.1 Å². The molecule has 0 spiro atoms. The first-order valence-corrected chi connectivity index (χ1v) is 12.3. The molecule has 178 valence electrons. The second-order valence-corrected chi connectivity index (χ2v) is 9.93. The average Bonchev–Trinajstić information content (AvgIpc) is 3.11. The Morgan fingerprint density at radius 2 is 1.94 bits per heavy atom. The van der Waals surface area contributed by atoms with Gasteiger partial charge in [0.1, 0.15) is 0 Å². The zero-order valence-corrected chi connectivity index (χ0v) is 19.7. The smallest absolute Gasteiger partial charge is 0.330 e. The minimum atomic E-state index is -3.78. The molecular formula is C24H34O7S. The van der Waals surface area contributed by atoms with Gasteiger partial charge in [0.15, 0.2) is 0 Å². The average molecular weight is 467 g/mol. The number of aryl methyl sites for hydroxylation is 1. The summed E-state index contributed by atoms with van der Waals surface area (Å²) in [6.07, 6.45) is 7.87. The van der Waals surface area contributed by atoms with Crippen molar-refractivity contribution in [1.29, 1.82) is 0 Å². The van der Waals surface area contributed by atoms with Crippen LogP contribution in [0.5, 0.6) is 0 Å². The lowest BCUT2D eigenvalue weighted by Gasteiger charge is -2.19. The summed E-state index contributed by atoms with van der Waals surface area (Å²) in [5, 5.41) is 20.4. The van der Waals surface area contributed by atoms with Crippen molar-refractivity contribution in [3.63, 3.8) is 0 Å². The molecular weight excluding hydrogens is 432 g/mol. The van der Waals surface area contributed by atoms with Crippen LogP contribution in [0.15, 0.2) is 53.5 Å². The fourth-order valence-corrected chi connectivity index (χ4v) is 5.00. The Morgan fingerprint density at radius 1 is 1.25 bits per heavy atom. The van der Waals surface area contributed by atoms with Crippen LogP contribution in [0.3, 0.4) is 0 Å². The van der Waals surface area contributed by atoms with Crippen LogP contribution in [0, 0.1) is 18.8 Å². The fourth-order valence-electron chi connectivity index (χ4n) is 3.90. The first-order chi connectivity index (χ1) is 15.1. The number of rotatable bonds is 11. The predicted octanol–water partition coefficient (Wildman–Crippen LogP) is 3.29. The van der Waals surface area contributed by atoms with Gasteiger partial charge in [-0.25, -0.2) is 4.79 Å². The number of aliphatic hydroxyl groups excluding tert-OH is 2. The molecule has 32 heavy (non-hydrogen) atoms. The molecule has 1 aliphatic rings. The van der Waals surface area contributed by atoms with Crippen molar-refractivity contribution in [3.8, 4) is 0 Å². The Bertz CT molecular complexity index is 889. The maximum atomic E-state index is 12.3. The van der Waals surface area contributed by atoms with Gasteiger partial charge < -0.3 is 14.9 Å². The van der Waals surface area contributed by atoms with E-state index < -0.39 is 34.4 Å². The lowest BCUT2D eigenvalue weighted by atomic mass is 9.90. The van der Waals surface area contributed by atoms with Crippen LogP contribution in [-0.2, 0) is 23.8 Å². The molecule has 0 unspecified atom stereocenters. The van der Waals surface area contributed by atoms with E-state index >= 15 is 0 Å². The SMILES string of the molecule is COC(=O)/C=C/[C@@H](O)[C@@H]1C[C@@H](O)C[C@H]1/C=C/CCC[C@H](C)OS(=O)(=O)c1ccc(C)cc1. The minimum Gasteiger partial charge on any atom is -0.466 e. The lowest BCUT2D eigenvalue weighted by molar-refractivity contribution is -0.134. The van der Waals surface area contributed by atoms with Crippen molar-refractivity contribution in [2.45, 2.75) is 69.2 Å². The van der Waals surface area contributed by atoms with E-state index in [1.165, 1.54) is 19.3 Å². The molecule has 0 radical (unpaired) electrons. The third kappa shape index (κ3) is 8.16. The minimum absolute atomic E-state index is 0.00196. The van der Waals surface area contributed by atoms with Gasteiger partial charge in [0, 0.05) is 6.08 Å². The molecule has 1 aromatic rings. The zero-order chi connectivity index (χ0) is 23.7. The summed E-state index contributed by atoms with van der Waals surface area (Å²) in [5.74, 6) is -0.711. The van der Waals surface area contributed by atoms with Crippen molar-refractivity contribution in [2.75, 3.05) is 7.11 Å². The van der Waals surface area contributed by atoms with Crippen molar-refractivity contribution in [2.24, 2.45) is 11.8 Å². The normalized spacial score (nSPS) is 23.6. The summed E-state index contributed by atoms with van der Waals surface area (Å²) in [7, 11) is -2.51. The van der Waals surface area contributed by atoms with Gasteiger partial charge in [-0.1, -0.05) is 29.8 Å². The monoisotopic (exact) mass is 466 g/mol. The maximum absolute atomic E-state index is 12.3. The van der Waals surface area contributed by atoms with Crippen LogP contribution in [0.4, 0.5) is 0 Å².